The van der Waals surface area contributed by atoms with Gasteiger partial charge < -0.3 is 10.2 Å². The number of fused-ring (bicyclic) bond motifs is 1. The van der Waals surface area contributed by atoms with Crippen LogP contribution in [0.15, 0.2) is 60.7 Å². The largest absolute Gasteiger partial charge is 0.416 e. The Balaban J connectivity index is 1.71. The summed E-state index contributed by atoms with van der Waals surface area (Å²) in [6.45, 7) is 0.151. The molecule has 3 aromatic rings. The number of rotatable bonds is 6. The van der Waals surface area contributed by atoms with Crippen LogP contribution in [0.2, 0.25) is 0 Å². The lowest BCUT2D eigenvalue weighted by molar-refractivity contribution is -0.143. The number of alkyl halides is 6. The van der Waals surface area contributed by atoms with Gasteiger partial charge in [-0.25, -0.2) is 4.39 Å². The van der Waals surface area contributed by atoms with E-state index in [2.05, 4.69) is 5.32 Å². The van der Waals surface area contributed by atoms with Gasteiger partial charge in [0, 0.05) is 19.6 Å². The minimum Gasteiger partial charge on any atom is -0.384 e. The minimum absolute atomic E-state index is 0.00820. The number of para-hydroxylation sites is 1. The number of hydrogen-bond acceptors (Lipinski definition) is 2. The van der Waals surface area contributed by atoms with Crippen molar-refractivity contribution in [3.05, 3.63) is 99.9 Å². The van der Waals surface area contributed by atoms with Crippen molar-refractivity contribution in [1.82, 2.24) is 4.90 Å². The van der Waals surface area contributed by atoms with Gasteiger partial charge in [-0.15, -0.1) is 0 Å². The van der Waals surface area contributed by atoms with E-state index in [1.54, 1.807) is 12.1 Å². The number of hydrogen-bond donors (Lipinski definition) is 1. The summed E-state index contributed by atoms with van der Waals surface area (Å²) in [6.07, 6.45) is -8.17. The Morgan fingerprint density at radius 1 is 0.865 bits per heavy atom. The summed E-state index contributed by atoms with van der Waals surface area (Å²) in [5.41, 5.74) is -0.706. The van der Waals surface area contributed by atoms with Gasteiger partial charge in [0.15, 0.2) is 0 Å². The average Bonchev–Trinajstić information content (AvgIpc) is 2.85. The molecule has 0 fully saturated rings. The topological polar surface area (TPSA) is 32.3 Å². The second-order valence-electron chi connectivity index (χ2n) is 8.89. The first-order valence-corrected chi connectivity index (χ1v) is 11.6. The van der Waals surface area contributed by atoms with Crippen molar-refractivity contribution in [2.75, 3.05) is 18.4 Å². The van der Waals surface area contributed by atoms with Crippen molar-refractivity contribution in [2.45, 2.75) is 38.2 Å². The summed E-state index contributed by atoms with van der Waals surface area (Å²) in [4.78, 5) is 14.9. The van der Waals surface area contributed by atoms with Crippen LogP contribution in [0, 0.1) is 5.82 Å². The number of carbonyl (C=O) groups excluding carboxylic acids is 1. The Bertz CT molecular complexity index is 1230. The molecule has 0 radical (unpaired) electrons. The van der Waals surface area contributed by atoms with Crippen LogP contribution < -0.4 is 5.32 Å². The highest BCUT2D eigenvalue weighted by Crippen LogP contribution is 2.37. The summed E-state index contributed by atoms with van der Waals surface area (Å²) in [6, 6.07) is 12.0. The van der Waals surface area contributed by atoms with E-state index in [1.807, 2.05) is 6.07 Å². The maximum Gasteiger partial charge on any atom is 0.416 e. The third-order valence-electron chi connectivity index (χ3n) is 6.20. The number of benzene rings is 3. The van der Waals surface area contributed by atoms with Crippen LogP contribution in [-0.2, 0) is 31.7 Å². The molecule has 0 bridgehead atoms. The summed E-state index contributed by atoms with van der Waals surface area (Å²) in [7, 11) is 0. The molecule has 37 heavy (non-hydrogen) atoms. The molecule has 3 aromatic carbocycles. The van der Waals surface area contributed by atoms with Crippen LogP contribution in [-0.4, -0.2) is 23.9 Å². The fourth-order valence-corrected chi connectivity index (χ4v) is 4.36. The molecule has 0 aromatic heterocycles. The first-order chi connectivity index (χ1) is 17.4. The highest BCUT2D eigenvalue weighted by molar-refractivity contribution is 6.00. The molecule has 10 heteroatoms. The normalized spacial score (nSPS) is 13.6. The van der Waals surface area contributed by atoms with Gasteiger partial charge in [-0.1, -0.05) is 24.3 Å². The molecular weight excluding hydrogens is 501 g/mol. The predicted octanol–water partition coefficient (Wildman–Crippen LogP) is 7.11. The SMILES string of the molecule is O=C(c1cccc2c1NCCC2)N(CCc1ccc(F)cc1)Cc1cc(C(F)(F)F)cc(C(F)(F)F)c1. The standard InChI is InChI=1S/C27H23F7N2O/c28-22-8-6-17(7-9-22)10-12-36(25(37)23-5-1-3-19-4-2-11-35-24(19)23)16-18-13-20(26(29,30)31)15-21(14-18)27(32,33)34/h1,3,5-9,13-15,35H,2,4,10-12,16H2. The molecule has 1 heterocycles. The Kier molecular flexibility index (Phi) is 7.47. The highest BCUT2D eigenvalue weighted by Gasteiger charge is 2.37. The Morgan fingerprint density at radius 3 is 2.14 bits per heavy atom. The number of carbonyl (C=O) groups is 1. The van der Waals surface area contributed by atoms with Crippen LogP contribution in [0.5, 0.6) is 0 Å². The fourth-order valence-electron chi connectivity index (χ4n) is 4.36. The van der Waals surface area contributed by atoms with E-state index in [0.29, 0.717) is 35.5 Å². The van der Waals surface area contributed by atoms with E-state index < -0.39 is 41.7 Å². The summed E-state index contributed by atoms with van der Waals surface area (Å²) in [5, 5.41) is 3.18. The maximum atomic E-state index is 13.6. The molecule has 1 N–H and O–H groups in total. The van der Waals surface area contributed by atoms with Crippen LogP contribution in [0.1, 0.15) is 44.6 Å². The van der Waals surface area contributed by atoms with Gasteiger partial charge in [0.2, 0.25) is 0 Å². The molecule has 4 rings (SSSR count). The first-order valence-electron chi connectivity index (χ1n) is 11.6. The van der Waals surface area contributed by atoms with Crippen LogP contribution in [0.4, 0.5) is 36.4 Å². The quantitative estimate of drug-likeness (QED) is 0.349. The number of nitrogens with zero attached hydrogens (tertiary/aromatic N) is 1. The van der Waals surface area contributed by atoms with E-state index in [4.69, 9.17) is 0 Å². The molecule has 1 aliphatic heterocycles. The third kappa shape index (κ3) is 6.42. The van der Waals surface area contributed by atoms with Gasteiger partial charge in [-0.2, -0.15) is 26.3 Å². The van der Waals surface area contributed by atoms with E-state index >= 15 is 0 Å². The van der Waals surface area contributed by atoms with E-state index in [9.17, 15) is 35.5 Å². The van der Waals surface area contributed by atoms with Crippen molar-refractivity contribution in [3.8, 4) is 0 Å². The monoisotopic (exact) mass is 524 g/mol. The van der Waals surface area contributed by atoms with E-state index in [0.717, 1.165) is 18.4 Å². The molecule has 0 saturated heterocycles. The summed E-state index contributed by atoms with van der Waals surface area (Å²) in [5.74, 6) is -0.985. The van der Waals surface area contributed by atoms with Crippen molar-refractivity contribution in [2.24, 2.45) is 0 Å². The molecule has 0 unspecified atom stereocenters. The molecule has 0 spiro atoms. The molecule has 1 aliphatic rings. The Hall–Kier alpha value is -3.56. The third-order valence-corrected chi connectivity index (χ3v) is 6.20. The Labute approximate surface area is 208 Å². The fraction of sp³-hybridized carbons (Fsp3) is 0.296. The summed E-state index contributed by atoms with van der Waals surface area (Å²) >= 11 is 0. The van der Waals surface area contributed by atoms with E-state index in [-0.39, 0.29) is 24.6 Å². The molecule has 3 nitrogen and oxygen atoms in total. The van der Waals surface area contributed by atoms with Crippen molar-refractivity contribution in [3.63, 3.8) is 0 Å². The number of halogens is 7. The smallest absolute Gasteiger partial charge is 0.384 e. The van der Waals surface area contributed by atoms with Gasteiger partial charge in [-0.3, -0.25) is 4.79 Å². The second-order valence-corrected chi connectivity index (χ2v) is 8.89. The maximum absolute atomic E-state index is 13.6. The van der Waals surface area contributed by atoms with Crippen LogP contribution >= 0.6 is 0 Å². The molecule has 0 saturated carbocycles. The number of nitrogens with one attached hydrogen (secondary N) is 1. The zero-order valence-electron chi connectivity index (χ0n) is 19.5. The Morgan fingerprint density at radius 2 is 1.51 bits per heavy atom. The average molecular weight is 524 g/mol. The molecule has 1 amide bonds. The first kappa shape index (κ1) is 26.5. The van der Waals surface area contributed by atoms with Gasteiger partial charge in [0.25, 0.3) is 5.91 Å². The van der Waals surface area contributed by atoms with Crippen LogP contribution in [0.3, 0.4) is 0 Å². The number of anilines is 1. The molecular formula is C27H23F7N2O. The lowest BCUT2D eigenvalue weighted by Gasteiger charge is -2.27. The zero-order chi connectivity index (χ0) is 26.8. The van der Waals surface area contributed by atoms with Gasteiger partial charge in [0.05, 0.1) is 22.4 Å². The van der Waals surface area contributed by atoms with Crippen molar-refractivity contribution in [1.29, 1.82) is 0 Å². The summed E-state index contributed by atoms with van der Waals surface area (Å²) < 4.78 is 93.7. The number of aryl methyl sites for hydroxylation is 1. The lowest BCUT2D eigenvalue weighted by atomic mass is 9.98. The van der Waals surface area contributed by atoms with Crippen molar-refractivity contribution >= 4 is 11.6 Å². The zero-order valence-corrected chi connectivity index (χ0v) is 19.5. The van der Waals surface area contributed by atoms with E-state index in [1.165, 1.54) is 29.2 Å². The predicted molar refractivity (Wildman–Crippen MR) is 125 cm³/mol. The molecule has 0 aliphatic carbocycles. The lowest BCUT2D eigenvalue weighted by Crippen LogP contribution is -2.34. The van der Waals surface area contributed by atoms with Gasteiger partial charge >= 0.3 is 12.4 Å². The van der Waals surface area contributed by atoms with Gasteiger partial charge in [-0.05, 0) is 72.4 Å². The second kappa shape index (κ2) is 10.4. The molecule has 196 valence electrons. The van der Waals surface area contributed by atoms with Crippen molar-refractivity contribution < 1.29 is 35.5 Å². The van der Waals surface area contributed by atoms with Gasteiger partial charge in [0.1, 0.15) is 5.82 Å². The molecule has 0 atom stereocenters. The highest BCUT2D eigenvalue weighted by atomic mass is 19.4. The number of amides is 1. The minimum atomic E-state index is -5.00. The van der Waals surface area contributed by atoms with Crippen LogP contribution in [0.25, 0.3) is 0 Å².